The number of hydrogen-bond donors (Lipinski definition) is 1. The van der Waals surface area contributed by atoms with Gasteiger partial charge < -0.3 is 10.0 Å². The Bertz CT molecular complexity index is 391. The van der Waals surface area contributed by atoms with E-state index in [-0.39, 0.29) is 23.3 Å². The van der Waals surface area contributed by atoms with Crippen molar-refractivity contribution < 1.29 is 14.3 Å². The topological polar surface area (TPSA) is 40.5 Å². The molecule has 0 unspecified atom stereocenters. The SMILES string of the molecule is [13CH3][13CH2]N(C(=O)c1cc(F)ccc1O)[13CH]([13CH3])[13CH3]. The van der Waals surface area contributed by atoms with E-state index in [4.69, 9.17) is 0 Å². The summed E-state index contributed by atoms with van der Waals surface area (Å²) in [6, 6.07) is 3.39. The van der Waals surface area contributed by atoms with Gasteiger partial charge in [-0.1, -0.05) is 0 Å². The number of halogens is 1. The minimum absolute atomic E-state index is 0.00977. The van der Waals surface area contributed by atoms with Crippen LogP contribution < -0.4 is 0 Å². The molecule has 0 aliphatic rings. The summed E-state index contributed by atoms with van der Waals surface area (Å²) < 4.78 is 13.0. The zero-order chi connectivity index (χ0) is 12.3. The summed E-state index contributed by atoms with van der Waals surface area (Å²) in [5.41, 5.74) is 0.00977. The van der Waals surface area contributed by atoms with Crippen LogP contribution in [-0.2, 0) is 0 Å². The van der Waals surface area contributed by atoms with Gasteiger partial charge in [0.25, 0.3) is 5.91 Å². The molecule has 0 aromatic heterocycles. The minimum Gasteiger partial charge on any atom is -0.507 e. The lowest BCUT2D eigenvalue weighted by atomic mass is 10.2. The van der Waals surface area contributed by atoms with Gasteiger partial charge in [-0.25, -0.2) is 4.39 Å². The minimum atomic E-state index is -0.527. The van der Waals surface area contributed by atoms with Crippen LogP contribution in [0, 0.1) is 5.82 Å². The van der Waals surface area contributed by atoms with Crippen molar-refractivity contribution in [3.8, 4) is 5.75 Å². The molecule has 1 amide bonds. The molecule has 0 saturated heterocycles. The highest BCUT2D eigenvalue weighted by Crippen LogP contribution is 2.20. The molecule has 0 heterocycles. The first kappa shape index (κ1) is 12.5. The molecule has 4 heteroatoms. The molecule has 3 nitrogen and oxygen atoms in total. The fraction of sp³-hybridized carbons (Fsp3) is 0.417. The van der Waals surface area contributed by atoms with Gasteiger partial charge in [-0.2, -0.15) is 0 Å². The standard InChI is InChI=1S/C12H16FNO2/c1-4-14(8(2)3)12(16)10-7-9(13)5-6-11(10)15/h5-8,15H,4H2,1-3H3/i1+1,2+1,3+1,4+1,8+1. The molecule has 1 aromatic rings. The van der Waals surface area contributed by atoms with E-state index in [1.165, 1.54) is 6.07 Å². The van der Waals surface area contributed by atoms with Gasteiger partial charge >= 0.3 is 0 Å². The van der Waals surface area contributed by atoms with Crippen molar-refractivity contribution in [3.63, 3.8) is 0 Å². The number of carbonyl (C=O) groups excluding carboxylic acids is 1. The number of nitrogens with zero attached hydrogens (tertiary/aromatic N) is 1. The van der Waals surface area contributed by atoms with Crippen molar-refractivity contribution in [1.29, 1.82) is 0 Å². The van der Waals surface area contributed by atoms with Gasteiger partial charge in [-0.05, 0) is 39.0 Å². The van der Waals surface area contributed by atoms with Crippen LogP contribution in [-0.4, -0.2) is 28.5 Å². The van der Waals surface area contributed by atoms with Crippen LogP contribution in [0.1, 0.15) is 31.1 Å². The molecule has 1 aromatic carbocycles. The largest absolute Gasteiger partial charge is 0.507 e. The highest BCUT2D eigenvalue weighted by Gasteiger charge is 2.20. The van der Waals surface area contributed by atoms with E-state index in [0.29, 0.717) is 6.54 Å². The number of amides is 1. The van der Waals surface area contributed by atoms with Gasteiger partial charge in [0.2, 0.25) is 0 Å². The van der Waals surface area contributed by atoms with Crippen molar-refractivity contribution in [1.82, 2.24) is 4.90 Å². The number of hydrogen-bond acceptors (Lipinski definition) is 2. The Morgan fingerprint density at radius 2 is 2.12 bits per heavy atom. The van der Waals surface area contributed by atoms with Crippen LogP contribution in [0.3, 0.4) is 0 Å². The summed E-state index contributed by atoms with van der Waals surface area (Å²) in [7, 11) is 0. The maximum absolute atomic E-state index is 13.0. The van der Waals surface area contributed by atoms with E-state index in [1.807, 2.05) is 20.8 Å². The molecular formula is C12H16FNO2. The fourth-order valence-electron chi connectivity index (χ4n) is 1.58. The van der Waals surface area contributed by atoms with E-state index in [1.54, 1.807) is 4.90 Å². The van der Waals surface area contributed by atoms with Crippen molar-refractivity contribution in [2.75, 3.05) is 6.54 Å². The van der Waals surface area contributed by atoms with Crippen LogP contribution in [0.5, 0.6) is 5.75 Å². The number of rotatable bonds is 3. The molecular weight excluding hydrogens is 214 g/mol. The Labute approximate surface area is 94.5 Å². The summed E-state index contributed by atoms with van der Waals surface area (Å²) in [5, 5.41) is 9.52. The van der Waals surface area contributed by atoms with Crippen LogP contribution in [0.25, 0.3) is 0 Å². The Morgan fingerprint density at radius 3 is 2.62 bits per heavy atom. The van der Waals surface area contributed by atoms with Gasteiger partial charge in [0.15, 0.2) is 0 Å². The van der Waals surface area contributed by atoms with Crippen molar-refractivity contribution in [2.45, 2.75) is 26.8 Å². The average Bonchev–Trinajstić information content (AvgIpc) is 2.22. The molecule has 0 fully saturated rings. The Morgan fingerprint density at radius 1 is 1.50 bits per heavy atom. The summed E-state index contributed by atoms with van der Waals surface area (Å²) in [4.78, 5) is 13.6. The highest BCUT2D eigenvalue weighted by molar-refractivity contribution is 5.97. The average molecular weight is 230 g/mol. The Kier molecular flexibility index (Phi) is 3.88. The molecule has 1 rings (SSSR count). The maximum Gasteiger partial charge on any atom is 0.257 e. The smallest absolute Gasteiger partial charge is 0.257 e. The lowest BCUT2D eigenvalue weighted by Gasteiger charge is -2.25. The first-order chi connectivity index (χ1) is 7.47. The number of carbonyl (C=O) groups is 1. The molecule has 0 atom stereocenters. The fourth-order valence-corrected chi connectivity index (χ4v) is 1.58. The van der Waals surface area contributed by atoms with Crippen LogP contribution >= 0.6 is 0 Å². The second-order valence-electron chi connectivity index (χ2n) is 3.85. The zero-order valence-electron chi connectivity index (χ0n) is 9.70. The predicted octanol–water partition coefficient (Wildman–Crippen LogP) is 2.40. The predicted molar refractivity (Wildman–Crippen MR) is 59.9 cm³/mol. The van der Waals surface area contributed by atoms with Gasteiger partial charge in [-0.3, -0.25) is 4.79 Å². The molecule has 0 aliphatic heterocycles. The Hall–Kier alpha value is -1.58. The molecule has 0 aliphatic carbocycles. The normalized spacial score (nSPS) is 10.6. The number of aromatic hydroxyl groups is 1. The molecule has 0 bridgehead atoms. The Balaban J connectivity index is 3.08. The lowest BCUT2D eigenvalue weighted by Crippen LogP contribution is -2.36. The third-order valence-corrected chi connectivity index (χ3v) is 2.41. The molecule has 0 radical (unpaired) electrons. The molecule has 16 heavy (non-hydrogen) atoms. The van der Waals surface area contributed by atoms with Crippen molar-refractivity contribution >= 4 is 5.91 Å². The van der Waals surface area contributed by atoms with E-state index < -0.39 is 5.82 Å². The molecule has 0 saturated carbocycles. The van der Waals surface area contributed by atoms with E-state index >= 15 is 0 Å². The second-order valence-corrected chi connectivity index (χ2v) is 3.85. The van der Waals surface area contributed by atoms with Gasteiger partial charge in [0.1, 0.15) is 11.6 Å². The first-order valence-electron chi connectivity index (χ1n) is 5.26. The second kappa shape index (κ2) is 4.96. The number of benzene rings is 1. The number of phenols is 1. The summed E-state index contributed by atoms with van der Waals surface area (Å²) in [5.74, 6) is -1.07. The van der Waals surface area contributed by atoms with Gasteiger partial charge in [-0.15, -0.1) is 0 Å². The summed E-state index contributed by atoms with van der Waals surface area (Å²) in [6.45, 7) is 6.11. The maximum atomic E-state index is 13.0. The summed E-state index contributed by atoms with van der Waals surface area (Å²) >= 11 is 0. The van der Waals surface area contributed by atoms with E-state index in [2.05, 4.69) is 0 Å². The zero-order valence-corrected chi connectivity index (χ0v) is 9.70. The van der Waals surface area contributed by atoms with Crippen LogP contribution in [0.2, 0.25) is 0 Å². The van der Waals surface area contributed by atoms with Crippen molar-refractivity contribution in [3.05, 3.63) is 29.6 Å². The number of phenolic OH excluding ortho intramolecular Hbond substituents is 1. The first-order valence-corrected chi connectivity index (χ1v) is 5.26. The summed E-state index contributed by atoms with van der Waals surface area (Å²) in [6.07, 6.45) is 0. The highest BCUT2D eigenvalue weighted by atomic mass is 19.1. The van der Waals surface area contributed by atoms with Gasteiger partial charge in [0.05, 0.1) is 5.56 Å². The molecule has 88 valence electrons. The third-order valence-electron chi connectivity index (χ3n) is 2.41. The third kappa shape index (κ3) is 2.51. The van der Waals surface area contributed by atoms with Gasteiger partial charge in [0, 0.05) is 12.6 Å². The van der Waals surface area contributed by atoms with Crippen LogP contribution in [0.15, 0.2) is 18.2 Å². The van der Waals surface area contributed by atoms with E-state index in [0.717, 1.165) is 12.1 Å². The van der Waals surface area contributed by atoms with Crippen LogP contribution in [0.4, 0.5) is 4.39 Å². The lowest BCUT2D eigenvalue weighted by molar-refractivity contribution is 0.0713. The van der Waals surface area contributed by atoms with Crippen molar-refractivity contribution in [2.24, 2.45) is 0 Å². The quantitative estimate of drug-likeness (QED) is 0.810. The molecule has 1 N–H and O–H groups in total. The monoisotopic (exact) mass is 230 g/mol. The molecule has 0 spiro atoms. The van der Waals surface area contributed by atoms with E-state index in [9.17, 15) is 14.3 Å².